The number of carbonyl (C=O) groups is 1. The number of benzene rings is 2. The van der Waals surface area contributed by atoms with Gasteiger partial charge in [-0.1, -0.05) is 45.0 Å². The van der Waals surface area contributed by atoms with Crippen molar-refractivity contribution in [2.75, 3.05) is 7.11 Å². The Morgan fingerprint density at radius 3 is 2.29 bits per heavy atom. The molecule has 0 saturated heterocycles. The molecule has 0 unspecified atom stereocenters. The van der Waals surface area contributed by atoms with Crippen molar-refractivity contribution < 1.29 is 18.7 Å². The third kappa shape index (κ3) is 4.98. The Labute approximate surface area is 183 Å². The van der Waals surface area contributed by atoms with E-state index < -0.39 is 5.63 Å². The van der Waals surface area contributed by atoms with Crippen LogP contribution in [0.4, 0.5) is 0 Å². The fourth-order valence-electron chi connectivity index (χ4n) is 3.61. The summed E-state index contributed by atoms with van der Waals surface area (Å²) in [6, 6.07) is 12.2. The van der Waals surface area contributed by atoms with Crippen LogP contribution in [-0.4, -0.2) is 13.1 Å². The Hall–Kier alpha value is -3.08. The van der Waals surface area contributed by atoms with Crippen LogP contribution in [-0.2, 0) is 28.0 Å². The van der Waals surface area contributed by atoms with Crippen LogP contribution in [0.1, 0.15) is 55.0 Å². The van der Waals surface area contributed by atoms with E-state index in [-0.39, 0.29) is 17.8 Å². The molecule has 0 N–H and O–H groups in total. The molecule has 164 valence electrons. The molecule has 31 heavy (non-hydrogen) atoms. The summed E-state index contributed by atoms with van der Waals surface area (Å²) in [7, 11) is 1.34. The first-order chi connectivity index (χ1) is 14.6. The van der Waals surface area contributed by atoms with Crippen LogP contribution in [0.3, 0.4) is 0 Å². The molecule has 0 aliphatic carbocycles. The van der Waals surface area contributed by atoms with E-state index in [0.29, 0.717) is 29.9 Å². The minimum Gasteiger partial charge on any atom is -0.488 e. The number of ether oxygens (including phenoxy) is 2. The summed E-state index contributed by atoms with van der Waals surface area (Å²) in [4.78, 5) is 24.0. The molecule has 0 saturated carbocycles. The fourth-order valence-corrected chi connectivity index (χ4v) is 3.61. The Balaban J connectivity index is 1.84. The first kappa shape index (κ1) is 22.6. The molecule has 0 fully saturated rings. The lowest BCUT2D eigenvalue weighted by atomic mass is 9.87. The highest BCUT2D eigenvalue weighted by Crippen LogP contribution is 2.30. The standard InChI is InChI=1S/C26H30O5/c1-16-20-11-13-22(30-15-18-7-9-19(10-8-18)26(3,4)5)17(2)24(20)31-25(28)21(16)12-14-23(27)29-6/h7-11,13H,12,14-15H2,1-6H3. The highest BCUT2D eigenvalue weighted by Gasteiger charge is 2.17. The maximum Gasteiger partial charge on any atom is 0.339 e. The average Bonchev–Trinajstić information content (AvgIpc) is 2.73. The second-order valence-corrected chi connectivity index (χ2v) is 8.87. The molecular weight excluding hydrogens is 392 g/mol. The van der Waals surface area contributed by atoms with Crippen LogP contribution in [0.2, 0.25) is 0 Å². The van der Waals surface area contributed by atoms with E-state index in [1.807, 2.05) is 26.0 Å². The third-order valence-corrected chi connectivity index (χ3v) is 5.68. The molecule has 3 aromatic rings. The smallest absolute Gasteiger partial charge is 0.339 e. The largest absolute Gasteiger partial charge is 0.488 e. The van der Waals surface area contributed by atoms with Crippen molar-refractivity contribution in [1.82, 2.24) is 0 Å². The quantitative estimate of drug-likeness (QED) is 0.393. The summed E-state index contributed by atoms with van der Waals surface area (Å²) < 4.78 is 16.3. The summed E-state index contributed by atoms with van der Waals surface area (Å²) in [6.45, 7) is 10.8. The minimum absolute atomic E-state index is 0.111. The molecule has 0 aliphatic heterocycles. The first-order valence-corrected chi connectivity index (χ1v) is 10.5. The van der Waals surface area contributed by atoms with Gasteiger partial charge in [-0.15, -0.1) is 0 Å². The van der Waals surface area contributed by atoms with Gasteiger partial charge in [-0.2, -0.15) is 0 Å². The molecule has 0 bridgehead atoms. The van der Waals surface area contributed by atoms with E-state index in [4.69, 9.17) is 9.15 Å². The minimum atomic E-state index is -0.424. The third-order valence-electron chi connectivity index (χ3n) is 5.68. The molecule has 0 radical (unpaired) electrons. The first-order valence-electron chi connectivity index (χ1n) is 10.5. The molecule has 3 rings (SSSR count). The molecule has 5 nitrogen and oxygen atoms in total. The molecular formula is C26H30O5. The van der Waals surface area contributed by atoms with Gasteiger partial charge >= 0.3 is 11.6 Å². The lowest BCUT2D eigenvalue weighted by molar-refractivity contribution is -0.140. The van der Waals surface area contributed by atoms with Crippen molar-refractivity contribution in [2.24, 2.45) is 0 Å². The predicted molar refractivity (Wildman–Crippen MR) is 122 cm³/mol. The predicted octanol–water partition coefficient (Wildman–Crippen LogP) is 5.39. The lowest BCUT2D eigenvalue weighted by Crippen LogP contribution is -2.13. The van der Waals surface area contributed by atoms with Gasteiger partial charge in [-0.25, -0.2) is 4.79 Å². The van der Waals surface area contributed by atoms with Gasteiger partial charge in [-0.3, -0.25) is 4.79 Å². The molecule has 0 aliphatic rings. The Morgan fingerprint density at radius 1 is 1.00 bits per heavy atom. The van der Waals surface area contributed by atoms with E-state index in [1.54, 1.807) is 0 Å². The maximum atomic E-state index is 12.6. The number of methoxy groups -OCH3 is 1. The highest BCUT2D eigenvalue weighted by atomic mass is 16.5. The van der Waals surface area contributed by atoms with Crippen molar-refractivity contribution in [3.05, 3.63) is 74.6 Å². The normalized spacial score (nSPS) is 11.5. The van der Waals surface area contributed by atoms with Crippen molar-refractivity contribution in [3.8, 4) is 5.75 Å². The van der Waals surface area contributed by atoms with Gasteiger partial charge < -0.3 is 13.9 Å². The van der Waals surface area contributed by atoms with Gasteiger partial charge in [0.05, 0.1) is 7.11 Å². The van der Waals surface area contributed by atoms with Crippen molar-refractivity contribution in [2.45, 2.75) is 59.5 Å². The van der Waals surface area contributed by atoms with Gasteiger partial charge in [-0.05, 0) is 54.5 Å². The summed E-state index contributed by atoms with van der Waals surface area (Å²) >= 11 is 0. The number of hydrogen-bond acceptors (Lipinski definition) is 5. The Kier molecular flexibility index (Phi) is 6.54. The van der Waals surface area contributed by atoms with Crippen molar-refractivity contribution >= 4 is 16.9 Å². The summed E-state index contributed by atoms with van der Waals surface area (Å²) in [6.07, 6.45) is 0.431. The topological polar surface area (TPSA) is 65.7 Å². The molecule has 0 spiro atoms. The monoisotopic (exact) mass is 422 g/mol. The van der Waals surface area contributed by atoms with Crippen LogP contribution in [0, 0.1) is 13.8 Å². The maximum absolute atomic E-state index is 12.6. The molecule has 0 amide bonds. The zero-order chi connectivity index (χ0) is 22.8. The van der Waals surface area contributed by atoms with Crippen LogP contribution < -0.4 is 10.4 Å². The number of rotatable bonds is 6. The number of hydrogen-bond donors (Lipinski definition) is 0. The highest BCUT2D eigenvalue weighted by molar-refractivity contribution is 5.85. The summed E-state index contributed by atoms with van der Waals surface area (Å²) in [5.74, 6) is 0.326. The Morgan fingerprint density at radius 2 is 1.68 bits per heavy atom. The number of esters is 1. The fraction of sp³-hybridized carbons (Fsp3) is 0.385. The zero-order valence-corrected chi connectivity index (χ0v) is 19.1. The van der Waals surface area contributed by atoms with Crippen molar-refractivity contribution in [3.63, 3.8) is 0 Å². The number of aryl methyl sites for hydroxylation is 2. The van der Waals surface area contributed by atoms with Gasteiger partial charge in [0.1, 0.15) is 17.9 Å². The van der Waals surface area contributed by atoms with E-state index >= 15 is 0 Å². The lowest BCUT2D eigenvalue weighted by Gasteiger charge is -2.19. The summed E-state index contributed by atoms with van der Waals surface area (Å²) in [5, 5.41) is 0.846. The average molecular weight is 423 g/mol. The molecule has 0 atom stereocenters. The van der Waals surface area contributed by atoms with Crippen LogP contribution in [0.15, 0.2) is 45.6 Å². The van der Waals surface area contributed by atoms with E-state index in [2.05, 4.69) is 49.8 Å². The molecule has 1 heterocycles. The zero-order valence-electron chi connectivity index (χ0n) is 19.1. The van der Waals surface area contributed by atoms with Gasteiger partial charge in [0.2, 0.25) is 0 Å². The van der Waals surface area contributed by atoms with E-state index in [9.17, 15) is 9.59 Å². The molecule has 5 heteroatoms. The van der Waals surface area contributed by atoms with Gasteiger partial charge in [0.25, 0.3) is 0 Å². The molecule has 1 aromatic heterocycles. The molecule has 2 aromatic carbocycles. The van der Waals surface area contributed by atoms with Gasteiger partial charge in [0, 0.05) is 22.9 Å². The van der Waals surface area contributed by atoms with E-state index in [0.717, 1.165) is 22.1 Å². The van der Waals surface area contributed by atoms with E-state index in [1.165, 1.54) is 12.7 Å². The van der Waals surface area contributed by atoms with Crippen LogP contribution >= 0.6 is 0 Å². The van der Waals surface area contributed by atoms with Gasteiger partial charge in [0.15, 0.2) is 0 Å². The van der Waals surface area contributed by atoms with Crippen LogP contribution in [0.25, 0.3) is 11.0 Å². The second kappa shape index (κ2) is 8.96. The second-order valence-electron chi connectivity index (χ2n) is 8.87. The summed E-state index contributed by atoms with van der Waals surface area (Å²) in [5.41, 5.74) is 4.66. The number of carbonyl (C=O) groups excluding carboxylic acids is 1. The van der Waals surface area contributed by atoms with Crippen molar-refractivity contribution in [1.29, 1.82) is 0 Å². The number of fused-ring (bicyclic) bond motifs is 1. The SMILES string of the molecule is COC(=O)CCc1c(C)c2ccc(OCc3ccc(C(C)(C)C)cc3)c(C)c2oc1=O. The van der Waals surface area contributed by atoms with Crippen LogP contribution in [0.5, 0.6) is 5.75 Å². The Bertz CT molecular complexity index is 1150.